The van der Waals surface area contributed by atoms with Crippen molar-refractivity contribution in [2.45, 2.75) is 32.6 Å². The van der Waals surface area contributed by atoms with E-state index in [4.69, 9.17) is 0 Å². The Labute approximate surface area is 186 Å². The highest BCUT2D eigenvalue weighted by Gasteiger charge is 2.23. The molecule has 32 heavy (non-hydrogen) atoms. The summed E-state index contributed by atoms with van der Waals surface area (Å²) in [6.45, 7) is 7.40. The van der Waals surface area contributed by atoms with Gasteiger partial charge >= 0.3 is 0 Å². The van der Waals surface area contributed by atoms with Crippen LogP contribution in [0, 0.1) is 37.8 Å². The molecular formula is C21H24N6O4S. The fraction of sp³-hybridized carbons (Fsp3) is 0.238. The zero-order chi connectivity index (χ0) is 23.6. The average Bonchev–Trinajstić information content (AvgIpc) is 2.96. The van der Waals surface area contributed by atoms with Crippen LogP contribution in [0.15, 0.2) is 46.4 Å². The molecule has 2 aromatic carbocycles. The first-order valence-electron chi connectivity index (χ1n) is 9.67. The van der Waals surface area contributed by atoms with E-state index in [1.54, 1.807) is 23.7 Å². The van der Waals surface area contributed by atoms with Gasteiger partial charge in [-0.15, -0.1) is 0 Å². The maximum absolute atomic E-state index is 13.1. The summed E-state index contributed by atoms with van der Waals surface area (Å²) in [7, 11) is -2.34. The van der Waals surface area contributed by atoms with E-state index in [9.17, 15) is 18.5 Å². The Morgan fingerprint density at radius 3 is 2.38 bits per heavy atom. The van der Waals surface area contributed by atoms with Crippen LogP contribution in [-0.2, 0) is 17.1 Å². The molecule has 1 heterocycles. The third-order valence-electron chi connectivity index (χ3n) is 5.04. The van der Waals surface area contributed by atoms with Gasteiger partial charge in [0.25, 0.3) is 15.7 Å². The van der Waals surface area contributed by atoms with Gasteiger partial charge in [-0.1, -0.05) is 17.7 Å². The van der Waals surface area contributed by atoms with Crippen molar-refractivity contribution in [1.29, 1.82) is 0 Å². The van der Waals surface area contributed by atoms with E-state index in [0.717, 1.165) is 34.1 Å². The predicted molar refractivity (Wildman–Crippen MR) is 124 cm³/mol. The molecule has 0 aliphatic rings. The molecule has 0 aliphatic heterocycles. The molecule has 0 saturated heterocycles. The number of nitrogens with one attached hydrogen (secondary N) is 2. The van der Waals surface area contributed by atoms with Gasteiger partial charge in [0.15, 0.2) is 0 Å². The van der Waals surface area contributed by atoms with Crippen LogP contribution < -0.4 is 10.1 Å². The third-order valence-corrected chi connectivity index (χ3v) is 6.44. The number of nitro groups is 1. The van der Waals surface area contributed by atoms with E-state index in [2.05, 4.69) is 20.3 Å². The number of aryl methyl sites for hydroxylation is 4. The number of non-ortho nitro benzene ring substituents is 1. The maximum Gasteiger partial charge on any atom is 0.270 e. The molecule has 1 aromatic heterocycles. The second-order valence-electron chi connectivity index (χ2n) is 7.44. The van der Waals surface area contributed by atoms with Crippen molar-refractivity contribution in [3.05, 3.63) is 74.6 Å². The summed E-state index contributed by atoms with van der Waals surface area (Å²) in [5, 5.41) is 19.7. The predicted octanol–water partition coefficient (Wildman–Crippen LogP) is 3.81. The van der Waals surface area contributed by atoms with Gasteiger partial charge in [-0.25, -0.2) is 8.42 Å². The van der Waals surface area contributed by atoms with Gasteiger partial charge in [0.2, 0.25) is 0 Å². The molecule has 0 saturated carbocycles. The first kappa shape index (κ1) is 22.9. The van der Waals surface area contributed by atoms with E-state index in [1.165, 1.54) is 18.3 Å². The van der Waals surface area contributed by atoms with Crippen molar-refractivity contribution in [1.82, 2.24) is 9.78 Å². The Morgan fingerprint density at radius 2 is 1.78 bits per heavy atom. The number of hydrazone groups is 1. The van der Waals surface area contributed by atoms with Crippen LogP contribution in [0.1, 0.15) is 28.1 Å². The molecule has 0 bridgehead atoms. The van der Waals surface area contributed by atoms with Gasteiger partial charge in [0, 0.05) is 30.4 Å². The van der Waals surface area contributed by atoms with Crippen molar-refractivity contribution in [3.8, 4) is 0 Å². The van der Waals surface area contributed by atoms with E-state index < -0.39 is 14.9 Å². The molecule has 11 heteroatoms. The molecule has 10 nitrogen and oxygen atoms in total. The van der Waals surface area contributed by atoms with Gasteiger partial charge in [-0.05, 0) is 45.4 Å². The van der Waals surface area contributed by atoms with Crippen LogP contribution in [-0.4, -0.2) is 29.3 Å². The van der Waals surface area contributed by atoms with Crippen LogP contribution in [0.25, 0.3) is 0 Å². The molecule has 0 aliphatic carbocycles. The number of hydrogen-bond donors (Lipinski definition) is 2. The second-order valence-corrected chi connectivity index (χ2v) is 9.09. The minimum absolute atomic E-state index is 0.100. The number of benzene rings is 2. The van der Waals surface area contributed by atoms with Gasteiger partial charge < -0.3 is 0 Å². The van der Waals surface area contributed by atoms with Crippen LogP contribution in [0.3, 0.4) is 0 Å². The Kier molecular flexibility index (Phi) is 6.30. The second kappa shape index (κ2) is 8.79. The Hall–Kier alpha value is -3.73. The smallest absolute Gasteiger partial charge is 0.270 e. The lowest BCUT2D eigenvalue weighted by molar-refractivity contribution is -0.385. The summed E-state index contributed by atoms with van der Waals surface area (Å²) >= 11 is 0. The zero-order valence-corrected chi connectivity index (χ0v) is 19.2. The van der Waals surface area contributed by atoms with Crippen LogP contribution in [0.2, 0.25) is 0 Å². The van der Waals surface area contributed by atoms with Crippen LogP contribution in [0.5, 0.6) is 0 Å². The molecule has 168 valence electrons. The van der Waals surface area contributed by atoms with Crippen LogP contribution >= 0.6 is 0 Å². The number of aromatic nitrogens is 2. The molecule has 0 fully saturated rings. The van der Waals surface area contributed by atoms with E-state index in [1.807, 2.05) is 33.9 Å². The molecule has 3 aromatic rings. The number of sulfonamides is 1. The number of hydrogen-bond acceptors (Lipinski definition) is 7. The summed E-state index contributed by atoms with van der Waals surface area (Å²) in [5.74, 6) is 0. The topological polar surface area (TPSA) is 132 Å². The van der Waals surface area contributed by atoms with E-state index in [-0.39, 0.29) is 16.3 Å². The zero-order valence-electron chi connectivity index (χ0n) is 18.4. The highest BCUT2D eigenvalue weighted by molar-refractivity contribution is 7.92. The Bertz CT molecular complexity index is 1330. The third kappa shape index (κ3) is 4.78. The lowest BCUT2D eigenvalue weighted by Crippen LogP contribution is -2.16. The van der Waals surface area contributed by atoms with Gasteiger partial charge in [-0.3, -0.25) is 24.9 Å². The van der Waals surface area contributed by atoms with E-state index >= 15 is 0 Å². The van der Waals surface area contributed by atoms with Crippen molar-refractivity contribution in [2.24, 2.45) is 12.1 Å². The SMILES string of the molecule is Cc1ccc(NS(=O)(=O)c2cc([N+](=O)[O-])ccc2N/N=C/c2c(C)nn(C)c2C)c(C)c1. The molecule has 0 amide bonds. The normalized spacial score (nSPS) is 11.7. The fourth-order valence-electron chi connectivity index (χ4n) is 3.21. The molecular weight excluding hydrogens is 432 g/mol. The molecule has 0 spiro atoms. The van der Waals surface area contributed by atoms with Crippen molar-refractivity contribution < 1.29 is 13.3 Å². The van der Waals surface area contributed by atoms with Crippen molar-refractivity contribution in [2.75, 3.05) is 10.1 Å². The lowest BCUT2D eigenvalue weighted by atomic mass is 10.1. The number of rotatable bonds is 7. The molecule has 0 unspecified atom stereocenters. The minimum atomic E-state index is -4.15. The number of nitro benzene ring substituents is 1. The van der Waals surface area contributed by atoms with Crippen LogP contribution in [0.4, 0.5) is 17.1 Å². The summed E-state index contributed by atoms with van der Waals surface area (Å²) in [6, 6.07) is 8.81. The van der Waals surface area contributed by atoms with Gasteiger partial charge in [-0.2, -0.15) is 10.2 Å². The molecule has 0 atom stereocenters. The molecule has 0 radical (unpaired) electrons. The number of nitrogens with zero attached hydrogens (tertiary/aromatic N) is 4. The first-order valence-corrected chi connectivity index (χ1v) is 11.2. The summed E-state index contributed by atoms with van der Waals surface area (Å²) in [5.41, 5.74) is 7.00. The van der Waals surface area contributed by atoms with Crippen molar-refractivity contribution in [3.63, 3.8) is 0 Å². The van der Waals surface area contributed by atoms with Crippen molar-refractivity contribution >= 4 is 33.3 Å². The van der Waals surface area contributed by atoms with Gasteiger partial charge in [0.1, 0.15) is 4.90 Å². The molecule has 2 N–H and O–H groups in total. The highest BCUT2D eigenvalue weighted by atomic mass is 32.2. The summed E-state index contributed by atoms with van der Waals surface area (Å²) in [4.78, 5) is 10.3. The molecule has 3 rings (SSSR count). The maximum atomic E-state index is 13.1. The standard InChI is InChI=1S/C21H24N6O4S/c1-13-6-8-19(14(2)10-13)25-32(30,31)21-11-17(27(28)29)7-9-20(21)23-22-12-18-15(3)24-26(5)16(18)4/h6-12,23,25H,1-5H3/b22-12+. The highest BCUT2D eigenvalue weighted by Crippen LogP contribution is 2.29. The summed E-state index contributed by atoms with van der Waals surface area (Å²) < 4.78 is 30.5. The first-order chi connectivity index (χ1) is 15.0. The number of anilines is 2. The monoisotopic (exact) mass is 456 g/mol. The fourth-order valence-corrected chi connectivity index (χ4v) is 4.52. The van der Waals surface area contributed by atoms with E-state index in [0.29, 0.717) is 5.69 Å². The van der Waals surface area contributed by atoms with Gasteiger partial charge in [0.05, 0.1) is 28.2 Å². The lowest BCUT2D eigenvalue weighted by Gasteiger charge is -2.14. The summed E-state index contributed by atoms with van der Waals surface area (Å²) in [6.07, 6.45) is 1.53. The Balaban J connectivity index is 1.98. The largest absolute Gasteiger partial charge is 0.279 e. The minimum Gasteiger partial charge on any atom is -0.279 e. The Morgan fingerprint density at radius 1 is 1.09 bits per heavy atom. The quantitative estimate of drug-likeness (QED) is 0.316. The average molecular weight is 457 g/mol.